The second kappa shape index (κ2) is 5.66. The maximum Gasteiger partial charge on any atom is 0.130 e. The molecular weight excluding hydrogens is 192 g/mol. The Morgan fingerprint density at radius 1 is 1.43 bits per heavy atom. The van der Waals surface area contributed by atoms with E-state index in [1.165, 1.54) is 5.56 Å². The van der Waals surface area contributed by atoms with Crippen molar-refractivity contribution in [2.75, 3.05) is 0 Å². The van der Waals surface area contributed by atoms with Crippen molar-refractivity contribution in [3.8, 4) is 0 Å². The normalized spacial score (nSPS) is 12.1. The molecule has 0 fully saturated rings. The van der Waals surface area contributed by atoms with E-state index in [1.807, 2.05) is 18.2 Å². The number of benzene rings is 1. The summed E-state index contributed by atoms with van der Waals surface area (Å²) in [6.07, 6.45) is 1.42. The number of carbonyl (C=O) groups is 1. The third-order valence-electron chi connectivity index (χ3n) is 2.08. The highest BCUT2D eigenvalue weighted by atomic mass is 32.1. The molecule has 0 N–H and O–H groups in total. The van der Waals surface area contributed by atoms with Crippen LogP contribution in [0.4, 0.5) is 0 Å². The van der Waals surface area contributed by atoms with Gasteiger partial charge in [-0.1, -0.05) is 42.5 Å². The summed E-state index contributed by atoms with van der Waals surface area (Å²) < 4.78 is 0. The zero-order valence-electron chi connectivity index (χ0n) is 8.27. The highest BCUT2D eigenvalue weighted by Crippen LogP contribution is 2.11. The van der Waals surface area contributed by atoms with Crippen LogP contribution in [0, 0.1) is 5.92 Å². The maximum absolute atomic E-state index is 10.9. The smallest absolute Gasteiger partial charge is 0.130 e. The molecule has 74 valence electrons. The van der Waals surface area contributed by atoms with Crippen LogP contribution >= 0.6 is 12.2 Å². The topological polar surface area (TPSA) is 17.1 Å². The fraction of sp³-hybridized carbons (Fsp3) is 0.333. The zero-order valence-corrected chi connectivity index (χ0v) is 9.09. The fourth-order valence-electron chi connectivity index (χ4n) is 1.45. The SMILES string of the molecule is CC(=O)C[C@@H](C=S)Cc1ccccc1. The van der Waals surface area contributed by atoms with E-state index in [0.717, 1.165) is 6.42 Å². The van der Waals surface area contributed by atoms with Gasteiger partial charge in [-0.05, 0) is 30.2 Å². The van der Waals surface area contributed by atoms with Crippen molar-refractivity contribution in [2.24, 2.45) is 5.92 Å². The first kappa shape index (κ1) is 11.1. The molecule has 0 aliphatic heterocycles. The molecule has 1 aromatic carbocycles. The van der Waals surface area contributed by atoms with Crippen molar-refractivity contribution < 1.29 is 4.79 Å². The molecule has 0 heterocycles. The van der Waals surface area contributed by atoms with Crippen LogP contribution in [0.5, 0.6) is 0 Å². The predicted octanol–water partition coefficient (Wildman–Crippen LogP) is 2.82. The van der Waals surface area contributed by atoms with E-state index < -0.39 is 0 Å². The molecule has 0 saturated carbocycles. The number of Topliss-reactive ketones (excluding diaryl/α,β-unsaturated/α-hetero) is 1. The van der Waals surface area contributed by atoms with Gasteiger partial charge >= 0.3 is 0 Å². The van der Waals surface area contributed by atoms with Crippen LogP contribution in [-0.4, -0.2) is 11.2 Å². The molecule has 0 radical (unpaired) electrons. The second-order valence-corrected chi connectivity index (χ2v) is 3.76. The van der Waals surface area contributed by atoms with Crippen LogP contribution in [0.25, 0.3) is 0 Å². The van der Waals surface area contributed by atoms with E-state index >= 15 is 0 Å². The Morgan fingerprint density at radius 2 is 2.07 bits per heavy atom. The highest BCUT2D eigenvalue weighted by Gasteiger charge is 2.08. The average Bonchev–Trinajstić information content (AvgIpc) is 2.17. The van der Waals surface area contributed by atoms with E-state index in [-0.39, 0.29) is 11.7 Å². The van der Waals surface area contributed by atoms with Crippen molar-refractivity contribution >= 4 is 23.4 Å². The van der Waals surface area contributed by atoms with Gasteiger partial charge < -0.3 is 4.79 Å². The van der Waals surface area contributed by atoms with Gasteiger partial charge in [0.05, 0.1) is 0 Å². The monoisotopic (exact) mass is 206 g/mol. The Kier molecular flexibility index (Phi) is 4.47. The molecule has 0 aliphatic carbocycles. The number of carbonyl (C=O) groups excluding carboxylic acids is 1. The molecule has 0 spiro atoms. The molecule has 1 atom stereocenters. The van der Waals surface area contributed by atoms with E-state index in [0.29, 0.717) is 6.42 Å². The lowest BCUT2D eigenvalue weighted by atomic mass is 9.96. The Hall–Kier alpha value is -1.02. The summed E-state index contributed by atoms with van der Waals surface area (Å²) in [6.45, 7) is 1.61. The quantitative estimate of drug-likeness (QED) is 0.689. The molecule has 0 aromatic heterocycles. The average molecular weight is 206 g/mol. The van der Waals surface area contributed by atoms with E-state index in [2.05, 4.69) is 12.1 Å². The van der Waals surface area contributed by atoms with Gasteiger partial charge in [0.2, 0.25) is 0 Å². The zero-order chi connectivity index (χ0) is 10.4. The Morgan fingerprint density at radius 3 is 2.57 bits per heavy atom. The van der Waals surface area contributed by atoms with Crippen LogP contribution in [0.2, 0.25) is 0 Å². The Labute approximate surface area is 90.1 Å². The molecule has 0 aliphatic rings. The molecule has 1 aromatic rings. The molecule has 1 nitrogen and oxygen atoms in total. The summed E-state index contributed by atoms with van der Waals surface area (Å²) in [5.74, 6) is 0.400. The van der Waals surface area contributed by atoms with Gasteiger partial charge in [-0.15, -0.1) is 0 Å². The van der Waals surface area contributed by atoms with Crippen LogP contribution in [-0.2, 0) is 11.2 Å². The van der Waals surface area contributed by atoms with Gasteiger partial charge in [-0.25, -0.2) is 0 Å². The molecule has 0 saturated heterocycles. The van der Waals surface area contributed by atoms with E-state index in [1.54, 1.807) is 12.3 Å². The Balaban J connectivity index is 2.57. The van der Waals surface area contributed by atoms with Crippen molar-refractivity contribution in [1.29, 1.82) is 0 Å². The summed E-state index contributed by atoms with van der Waals surface area (Å²) in [7, 11) is 0. The Bertz CT molecular complexity index is 305. The number of ketones is 1. The lowest BCUT2D eigenvalue weighted by Crippen LogP contribution is -2.09. The summed E-state index contributed by atoms with van der Waals surface area (Å²) in [5, 5.41) is 1.70. The predicted molar refractivity (Wildman–Crippen MR) is 62.6 cm³/mol. The fourth-order valence-corrected chi connectivity index (χ4v) is 1.65. The molecule has 2 heteroatoms. The van der Waals surface area contributed by atoms with Crippen LogP contribution in [0.3, 0.4) is 0 Å². The molecule has 0 bridgehead atoms. The first-order chi connectivity index (χ1) is 6.72. The summed E-state index contributed by atoms with van der Waals surface area (Å²) in [4.78, 5) is 10.9. The van der Waals surface area contributed by atoms with Gasteiger partial charge in [-0.3, -0.25) is 0 Å². The first-order valence-corrected chi connectivity index (χ1v) is 5.18. The first-order valence-electron chi connectivity index (χ1n) is 4.71. The number of rotatable bonds is 5. The van der Waals surface area contributed by atoms with E-state index in [9.17, 15) is 4.79 Å². The van der Waals surface area contributed by atoms with Crippen molar-refractivity contribution in [2.45, 2.75) is 19.8 Å². The third kappa shape index (κ3) is 3.79. The third-order valence-corrected chi connectivity index (χ3v) is 2.47. The summed E-state index contributed by atoms with van der Waals surface area (Å²) >= 11 is 4.91. The molecule has 1 rings (SSSR count). The molecular formula is C12H14OS. The van der Waals surface area contributed by atoms with Crippen LogP contribution in [0.1, 0.15) is 18.9 Å². The van der Waals surface area contributed by atoms with Gasteiger partial charge in [0.25, 0.3) is 0 Å². The number of hydrogen-bond donors (Lipinski definition) is 0. The highest BCUT2D eigenvalue weighted by molar-refractivity contribution is 7.79. The van der Waals surface area contributed by atoms with Crippen molar-refractivity contribution in [3.05, 3.63) is 35.9 Å². The van der Waals surface area contributed by atoms with Gasteiger partial charge in [0, 0.05) is 6.42 Å². The maximum atomic E-state index is 10.9. The summed E-state index contributed by atoms with van der Waals surface area (Å²) in [5.41, 5.74) is 1.24. The standard InChI is InChI=1S/C12H14OS/c1-10(13)7-12(9-14)8-11-5-3-2-4-6-11/h2-6,9,12H,7-8H2,1H3/t12-/m1/s1. The lowest BCUT2D eigenvalue weighted by Gasteiger charge is -2.08. The largest absolute Gasteiger partial charge is 0.300 e. The summed E-state index contributed by atoms with van der Waals surface area (Å²) in [6, 6.07) is 10.1. The van der Waals surface area contributed by atoms with Crippen molar-refractivity contribution in [1.82, 2.24) is 0 Å². The van der Waals surface area contributed by atoms with Gasteiger partial charge in [-0.2, -0.15) is 0 Å². The number of thiocarbonyl (C=S) groups is 1. The van der Waals surface area contributed by atoms with Crippen LogP contribution < -0.4 is 0 Å². The molecule has 0 unspecified atom stereocenters. The molecule has 0 amide bonds. The van der Waals surface area contributed by atoms with Crippen molar-refractivity contribution in [3.63, 3.8) is 0 Å². The minimum absolute atomic E-state index is 0.199. The molecule has 14 heavy (non-hydrogen) atoms. The number of hydrogen-bond acceptors (Lipinski definition) is 2. The van der Waals surface area contributed by atoms with Gasteiger partial charge in [0.15, 0.2) is 0 Å². The van der Waals surface area contributed by atoms with Gasteiger partial charge in [0.1, 0.15) is 5.78 Å². The van der Waals surface area contributed by atoms with E-state index in [4.69, 9.17) is 12.2 Å². The minimum Gasteiger partial charge on any atom is -0.300 e. The van der Waals surface area contributed by atoms with Crippen LogP contribution in [0.15, 0.2) is 30.3 Å². The minimum atomic E-state index is 0.199. The second-order valence-electron chi connectivity index (χ2n) is 3.49. The lowest BCUT2D eigenvalue weighted by molar-refractivity contribution is -0.117.